The van der Waals surface area contributed by atoms with E-state index in [1.807, 2.05) is 0 Å². The molecule has 3 unspecified atom stereocenters. The molecule has 5 N–H and O–H groups in total. The number of hydrogen-bond acceptors (Lipinski definition) is 8. The normalized spacial score (nSPS) is 22.5. The molecule has 0 saturated carbocycles. The van der Waals surface area contributed by atoms with Crippen LogP contribution in [-0.2, 0) is 23.6 Å². The molecular formula is C17H32N3O7P. The molecule has 11 heteroatoms. The summed E-state index contributed by atoms with van der Waals surface area (Å²) in [5.74, 6) is -0.304. The van der Waals surface area contributed by atoms with E-state index in [1.165, 1.54) is 18.1 Å². The molecule has 0 spiro atoms. The Morgan fingerprint density at radius 1 is 1.36 bits per heavy atom. The molecule has 2 amide bonds. The number of hydrogen-bond donors (Lipinski definition) is 4. The molecule has 162 valence electrons. The van der Waals surface area contributed by atoms with E-state index in [9.17, 15) is 9.59 Å². The minimum Gasteiger partial charge on any atom is -0.375 e. The van der Waals surface area contributed by atoms with Crippen LogP contribution in [0.2, 0.25) is 0 Å². The van der Waals surface area contributed by atoms with Crippen molar-refractivity contribution >= 4 is 20.9 Å². The zero-order chi connectivity index (χ0) is 20.9. The molecule has 1 saturated heterocycles. The van der Waals surface area contributed by atoms with Crippen LogP contribution >= 0.6 is 8.60 Å². The van der Waals surface area contributed by atoms with Gasteiger partial charge in [0.25, 0.3) is 0 Å². The molecule has 1 aliphatic heterocycles. The van der Waals surface area contributed by atoms with E-state index in [4.69, 9.17) is 29.5 Å². The maximum atomic E-state index is 11.7. The van der Waals surface area contributed by atoms with Crippen LogP contribution in [0.3, 0.4) is 0 Å². The van der Waals surface area contributed by atoms with Gasteiger partial charge in [-0.25, -0.2) is 0 Å². The highest BCUT2D eigenvalue weighted by Gasteiger charge is 2.39. The molecule has 0 aromatic heterocycles. The third-order valence-corrected chi connectivity index (χ3v) is 4.73. The molecule has 10 nitrogen and oxygen atoms in total. The minimum atomic E-state index is -2.51. The highest BCUT2D eigenvalue weighted by atomic mass is 31.2. The van der Waals surface area contributed by atoms with Gasteiger partial charge < -0.3 is 34.8 Å². The Bertz CT molecular complexity index is 507. The Kier molecular flexibility index (Phi) is 12.4. The number of nitrogens with two attached hydrogens (primary N) is 1. The van der Waals surface area contributed by atoms with Gasteiger partial charge in [-0.2, -0.15) is 0 Å². The van der Waals surface area contributed by atoms with Crippen molar-refractivity contribution in [3.8, 4) is 0 Å². The smallest absolute Gasteiger partial charge is 0.327 e. The number of unbranched alkanes of at least 4 members (excludes halogenated alkanes) is 3. The van der Waals surface area contributed by atoms with Crippen LogP contribution < -0.4 is 11.1 Å². The first-order chi connectivity index (χ1) is 13.4. The fourth-order valence-corrected chi connectivity index (χ4v) is 3.13. The first-order valence-electron chi connectivity index (χ1n) is 9.34. The van der Waals surface area contributed by atoms with E-state index in [-0.39, 0.29) is 18.6 Å². The second kappa shape index (κ2) is 13.9. The molecule has 0 radical (unpaired) electrons. The number of carbonyl (C=O) groups is 2. The van der Waals surface area contributed by atoms with Crippen molar-refractivity contribution in [2.24, 2.45) is 5.73 Å². The predicted octanol–water partition coefficient (Wildman–Crippen LogP) is 0.342. The van der Waals surface area contributed by atoms with E-state index in [0.717, 1.165) is 25.7 Å². The van der Waals surface area contributed by atoms with Crippen LogP contribution in [0.15, 0.2) is 11.8 Å². The lowest BCUT2D eigenvalue weighted by Crippen LogP contribution is -2.32. The fourth-order valence-electron chi connectivity index (χ4n) is 2.85. The van der Waals surface area contributed by atoms with Crippen LogP contribution in [-0.4, -0.2) is 72.2 Å². The van der Waals surface area contributed by atoms with E-state index in [2.05, 4.69) is 5.32 Å². The molecule has 1 rings (SSSR count). The van der Waals surface area contributed by atoms with Crippen molar-refractivity contribution in [3.05, 3.63) is 11.8 Å². The van der Waals surface area contributed by atoms with Gasteiger partial charge in [-0.15, -0.1) is 0 Å². The van der Waals surface area contributed by atoms with E-state index in [1.54, 1.807) is 6.92 Å². The number of carbonyl (C=O) groups excluding carboxylic acids is 2. The number of amides is 2. The molecule has 0 bridgehead atoms. The summed E-state index contributed by atoms with van der Waals surface area (Å²) in [6.45, 7) is 2.71. The van der Waals surface area contributed by atoms with Gasteiger partial charge in [-0.3, -0.25) is 14.5 Å². The summed E-state index contributed by atoms with van der Waals surface area (Å²) in [4.78, 5) is 42.4. The molecule has 3 atom stereocenters. The SMILES string of the molecule is CNC(=O)/C(C)=C\N(C=O)C1CC(OCCCCCCN)C(COP(O)O)O1. The molecule has 28 heavy (non-hydrogen) atoms. The quantitative estimate of drug-likeness (QED) is 0.136. The number of rotatable bonds is 14. The summed E-state index contributed by atoms with van der Waals surface area (Å²) in [5.41, 5.74) is 5.82. The lowest BCUT2D eigenvalue weighted by Gasteiger charge is -2.21. The number of nitrogens with zero attached hydrogens (tertiary/aromatic N) is 1. The van der Waals surface area contributed by atoms with Gasteiger partial charge in [-0.05, 0) is 26.3 Å². The first-order valence-corrected chi connectivity index (χ1v) is 10.5. The van der Waals surface area contributed by atoms with Crippen molar-refractivity contribution in [1.29, 1.82) is 0 Å². The Labute approximate surface area is 167 Å². The Balaban J connectivity index is 2.67. The zero-order valence-corrected chi connectivity index (χ0v) is 17.3. The fraction of sp³-hybridized carbons (Fsp3) is 0.765. The van der Waals surface area contributed by atoms with E-state index in [0.29, 0.717) is 31.6 Å². The van der Waals surface area contributed by atoms with Crippen LogP contribution in [0.4, 0.5) is 0 Å². The first kappa shape index (κ1) is 24.9. The lowest BCUT2D eigenvalue weighted by atomic mass is 10.1. The number of likely N-dealkylation sites (N-methyl/N-ethyl adjacent to an activating group) is 1. The second-order valence-corrected chi connectivity index (χ2v) is 7.23. The summed E-state index contributed by atoms with van der Waals surface area (Å²) in [6.07, 6.45) is 4.69. The van der Waals surface area contributed by atoms with Crippen LogP contribution in [0.25, 0.3) is 0 Å². The van der Waals surface area contributed by atoms with Crippen molar-refractivity contribution in [3.63, 3.8) is 0 Å². The highest BCUT2D eigenvalue weighted by Crippen LogP contribution is 2.31. The average molecular weight is 421 g/mol. The molecule has 0 aliphatic carbocycles. The molecule has 0 aromatic rings. The lowest BCUT2D eigenvalue weighted by molar-refractivity contribution is -0.128. The van der Waals surface area contributed by atoms with Crippen molar-refractivity contribution in [1.82, 2.24) is 10.2 Å². The second-order valence-electron chi connectivity index (χ2n) is 6.47. The van der Waals surface area contributed by atoms with Gasteiger partial charge in [0.05, 0.1) is 12.7 Å². The minimum absolute atomic E-state index is 0.0715. The molecule has 1 fully saturated rings. The summed E-state index contributed by atoms with van der Waals surface area (Å²) in [6, 6.07) is 0. The zero-order valence-electron chi connectivity index (χ0n) is 16.5. The van der Waals surface area contributed by atoms with Crippen molar-refractivity contribution in [2.75, 3.05) is 26.8 Å². The standard InChI is InChI=1S/C17H32N3O7P/c1-13(17(22)19-2)10-20(12-21)16-9-14(15(27-16)11-26-28(23)24)25-8-6-4-3-5-7-18/h10,12,14-16,23-24H,3-9,11,18H2,1-2H3,(H,19,22)/b13-10-. The molecular weight excluding hydrogens is 389 g/mol. The van der Waals surface area contributed by atoms with Crippen molar-refractivity contribution < 1.29 is 33.4 Å². The van der Waals surface area contributed by atoms with Gasteiger partial charge >= 0.3 is 8.60 Å². The summed E-state index contributed by atoms with van der Waals surface area (Å²) >= 11 is 0. The summed E-state index contributed by atoms with van der Waals surface area (Å²) < 4.78 is 16.6. The average Bonchev–Trinajstić information content (AvgIpc) is 3.09. The topological polar surface area (TPSA) is 144 Å². The maximum Gasteiger partial charge on any atom is 0.327 e. The van der Waals surface area contributed by atoms with Gasteiger partial charge in [0, 0.05) is 31.8 Å². The Morgan fingerprint density at radius 3 is 2.68 bits per heavy atom. The third kappa shape index (κ3) is 8.91. The largest absolute Gasteiger partial charge is 0.375 e. The Morgan fingerprint density at radius 2 is 2.07 bits per heavy atom. The number of ether oxygens (including phenoxy) is 2. The summed E-state index contributed by atoms with van der Waals surface area (Å²) in [5, 5.41) is 2.49. The van der Waals surface area contributed by atoms with Gasteiger partial charge in [0.15, 0.2) is 0 Å². The maximum absolute atomic E-state index is 11.7. The predicted molar refractivity (Wildman–Crippen MR) is 104 cm³/mol. The molecule has 1 aliphatic rings. The number of nitrogens with one attached hydrogen (secondary N) is 1. The summed E-state index contributed by atoms with van der Waals surface area (Å²) in [7, 11) is -1.01. The van der Waals surface area contributed by atoms with Gasteiger partial charge in [0.1, 0.15) is 12.3 Å². The monoisotopic (exact) mass is 421 g/mol. The van der Waals surface area contributed by atoms with E-state index < -0.39 is 20.9 Å². The van der Waals surface area contributed by atoms with E-state index >= 15 is 0 Å². The van der Waals surface area contributed by atoms with Gasteiger partial charge in [-0.1, -0.05) is 12.8 Å². The van der Waals surface area contributed by atoms with Crippen molar-refractivity contribution in [2.45, 2.75) is 57.5 Å². The van der Waals surface area contributed by atoms with Crippen LogP contribution in [0.1, 0.15) is 39.0 Å². The molecule has 0 aromatic carbocycles. The highest BCUT2D eigenvalue weighted by molar-refractivity contribution is 7.39. The molecule has 1 heterocycles. The van der Waals surface area contributed by atoms with Crippen LogP contribution in [0.5, 0.6) is 0 Å². The third-order valence-electron chi connectivity index (χ3n) is 4.35. The van der Waals surface area contributed by atoms with Crippen LogP contribution in [0, 0.1) is 0 Å². The Hall–Kier alpha value is -1.13. The van der Waals surface area contributed by atoms with Gasteiger partial charge in [0.2, 0.25) is 12.3 Å².